The van der Waals surface area contributed by atoms with Crippen LogP contribution in [0.3, 0.4) is 0 Å². The third-order valence-electron chi connectivity index (χ3n) is 3.37. The van der Waals surface area contributed by atoms with E-state index in [0.717, 1.165) is 12.8 Å². The number of hydrogen-bond donors (Lipinski definition) is 2. The summed E-state index contributed by atoms with van der Waals surface area (Å²) >= 11 is 3.00. The summed E-state index contributed by atoms with van der Waals surface area (Å²) in [5.41, 5.74) is -0.00473. The number of nitrogens with one attached hydrogen (secondary N) is 1. The van der Waals surface area contributed by atoms with Gasteiger partial charge in [0.1, 0.15) is 0 Å². The molecule has 1 aromatic carbocycles. The second-order valence-corrected chi connectivity index (χ2v) is 6.33. The van der Waals surface area contributed by atoms with Crippen LogP contribution in [0.25, 0.3) is 0 Å². The van der Waals surface area contributed by atoms with E-state index < -0.39 is 11.8 Å². The third kappa shape index (κ3) is 3.30. The van der Waals surface area contributed by atoms with Crippen LogP contribution >= 0.6 is 15.9 Å². The molecule has 1 aliphatic heterocycles. The van der Waals surface area contributed by atoms with Crippen molar-refractivity contribution in [1.29, 1.82) is 0 Å². The molecule has 20 heavy (non-hydrogen) atoms. The van der Waals surface area contributed by atoms with E-state index in [-0.39, 0.29) is 21.7 Å². The monoisotopic (exact) mass is 345 g/mol. The van der Waals surface area contributed by atoms with Gasteiger partial charge in [-0.15, -0.1) is 0 Å². The fourth-order valence-electron chi connectivity index (χ4n) is 2.40. The Kier molecular flexibility index (Phi) is 4.34. The van der Waals surface area contributed by atoms with Gasteiger partial charge in [-0.25, -0.2) is 9.18 Å². The van der Waals surface area contributed by atoms with Crippen molar-refractivity contribution < 1.29 is 19.0 Å². The van der Waals surface area contributed by atoms with Crippen molar-refractivity contribution in [1.82, 2.24) is 0 Å². The number of hydrogen-bond acceptors (Lipinski definition) is 3. The van der Waals surface area contributed by atoms with Crippen molar-refractivity contribution in [2.75, 3.05) is 11.9 Å². The average Bonchev–Trinajstić information content (AvgIpc) is 2.33. The van der Waals surface area contributed by atoms with Crippen LogP contribution in [0.4, 0.5) is 10.1 Å². The van der Waals surface area contributed by atoms with E-state index in [4.69, 9.17) is 9.84 Å². The first-order valence-corrected chi connectivity index (χ1v) is 7.21. The van der Waals surface area contributed by atoms with Crippen LogP contribution in [0.1, 0.15) is 37.0 Å². The molecule has 1 aliphatic rings. The molecule has 110 valence electrons. The molecule has 1 atom stereocenters. The summed E-state index contributed by atoms with van der Waals surface area (Å²) in [5, 5.41) is 12.1. The van der Waals surface area contributed by atoms with Gasteiger partial charge >= 0.3 is 5.97 Å². The highest BCUT2D eigenvalue weighted by Gasteiger charge is 2.29. The third-order valence-corrected chi connectivity index (χ3v) is 4.14. The van der Waals surface area contributed by atoms with Gasteiger partial charge in [0, 0.05) is 12.6 Å². The van der Waals surface area contributed by atoms with Crippen molar-refractivity contribution in [3.05, 3.63) is 28.0 Å². The summed E-state index contributed by atoms with van der Waals surface area (Å²) in [5.74, 6) is -1.73. The Hall–Kier alpha value is -1.14. The highest BCUT2D eigenvalue weighted by atomic mass is 79.9. The number of carboxylic acid groups (broad SMARTS) is 1. The lowest BCUT2D eigenvalue weighted by molar-refractivity contribution is -0.0553. The molecule has 0 saturated carbocycles. The highest BCUT2D eigenvalue weighted by molar-refractivity contribution is 9.10. The zero-order valence-corrected chi connectivity index (χ0v) is 13.0. The molecule has 0 aromatic heterocycles. The molecule has 2 rings (SSSR count). The molecule has 0 aliphatic carbocycles. The van der Waals surface area contributed by atoms with Crippen LogP contribution in [0.2, 0.25) is 0 Å². The molecule has 1 fully saturated rings. The Labute approximate surface area is 125 Å². The topological polar surface area (TPSA) is 58.6 Å². The van der Waals surface area contributed by atoms with Crippen molar-refractivity contribution in [2.45, 2.75) is 38.3 Å². The zero-order valence-electron chi connectivity index (χ0n) is 11.4. The molecule has 0 spiro atoms. The summed E-state index contributed by atoms with van der Waals surface area (Å²) in [6, 6.07) is 2.96. The quantitative estimate of drug-likeness (QED) is 0.877. The van der Waals surface area contributed by atoms with Crippen LogP contribution in [-0.4, -0.2) is 29.3 Å². The lowest BCUT2D eigenvalue weighted by atomic mass is 9.93. The second-order valence-electron chi connectivity index (χ2n) is 5.54. The second kappa shape index (κ2) is 5.69. The number of carboxylic acids is 1. The van der Waals surface area contributed by atoms with Crippen molar-refractivity contribution >= 4 is 27.6 Å². The Morgan fingerprint density at radius 1 is 1.55 bits per heavy atom. The van der Waals surface area contributed by atoms with Crippen LogP contribution in [0, 0.1) is 5.82 Å². The summed E-state index contributed by atoms with van der Waals surface area (Å²) in [4.78, 5) is 10.9. The molecule has 1 unspecified atom stereocenters. The van der Waals surface area contributed by atoms with E-state index in [2.05, 4.69) is 21.2 Å². The first-order chi connectivity index (χ1) is 9.30. The molecule has 1 aromatic rings. The SMILES string of the molecule is CC1(C)CC(Nc2ccc(C(=O)O)c(Br)c2F)CCO1. The largest absolute Gasteiger partial charge is 0.478 e. The predicted molar refractivity (Wildman–Crippen MR) is 77.7 cm³/mol. The first kappa shape index (κ1) is 15.3. The van der Waals surface area contributed by atoms with Crippen LogP contribution in [0.5, 0.6) is 0 Å². The summed E-state index contributed by atoms with van der Waals surface area (Å²) in [7, 11) is 0. The fraction of sp³-hybridized carbons (Fsp3) is 0.500. The van der Waals surface area contributed by atoms with E-state index in [0.29, 0.717) is 12.3 Å². The van der Waals surface area contributed by atoms with Gasteiger partial charge in [-0.3, -0.25) is 0 Å². The lowest BCUT2D eigenvalue weighted by Gasteiger charge is -2.36. The minimum Gasteiger partial charge on any atom is -0.478 e. The number of carbonyl (C=O) groups is 1. The molecule has 1 heterocycles. The van der Waals surface area contributed by atoms with Crippen LogP contribution in [-0.2, 0) is 4.74 Å². The minimum absolute atomic E-state index is 0.0266. The summed E-state index contributed by atoms with van der Waals surface area (Å²) in [6.45, 7) is 4.63. The zero-order chi connectivity index (χ0) is 14.9. The molecular weight excluding hydrogens is 329 g/mol. The normalized spacial score (nSPS) is 21.5. The molecule has 2 N–H and O–H groups in total. The smallest absolute Gasteiger partial charge is 0.336 e. The van der Waals surface area contributed by atoms with Crippen molar-refractivity contribution in [2.24, 2.45) is 0 Å². The summed E-state index contributed by atoms with van der Waals surface area (Å²) in [6.07, 6.45) is 1.56. The molecule has 1 saturated heterocycles. The minimum atomic E-state index is -1.16. The lowest BCUT2D eigenvalue weighted by Crippen LogP contribution is -2.40. The molecule has 6 heteroatoms. The van der Waals surface area contributed by atoms with Crippen LogP contribution < -0.4 is 5.32 Å². The number of halogens is 2. The highest BCUT2D eigenvalue weighted by Crippen LogP contribution is 2.31. The van der Waals surface area contributed by atoms with Crippen molar-refractivity contribution in [3.63, 3.8) is 0 Å². The predicted octanol–water partition coefficient (Wildman–Crippen LogP) is 3.66. The van der Waals surface area contributed by atoms with E-state index in [1.54, 1.807) is 0 Å². The van der Waals surface area contributed by atoms with Gasteiger partial charge in [0.15, 0.2) is 5.82 Å². The first-order valence-electron chi connectivity index (χ1n) is 6.42. The molecular formula is C14H17BrFNO3. The average molecular weight is 346 g/mol. The van der Waals surface area contributed by atoms with Gasteiger partial charge < -0.3 is 15.2 Å². The number of aromatic carboxylic acids is 1. The number of rotatable bonds is 3. The maximum atomic E-state index is 14.2. The van der Waals surface area contributed by atoms with Gasteiger partial charge in [-0.2, -0.15) is 0 Å². The van der Waals surface area contributed by atoms with Gasteiger partial charge in [-0.1, -0.05) is 0 Å². The van der Waals surface area contributed by atoms with Crippen LogP contribution in [0.15, 0.2) is 16.6 Å². The number of anilines is 1. The van der Waals surface area contributed by atoms with E-state index >= 15 is 0 Å². The maximum absolute atomic E-state index is 14.2. The number of benzene rings is 1. The van der Waals surface area contributed by atoms with Gasteiger partial charge in [0.05, 0.1) is 21.3 Å². The van der Waals surface area contributed by atoms with Gasteiger partial charge in [0.25, 0.3) is 0 Å². The van der Waals surface area contributed by atoms with Gasteiger partial charge in [-0.05, 0) is 54.8 Å². The number of ether oxygens (including phenoxy) is 1. The molecule has 0 bridgehead atoms. The maximum Gasteiger partial charge on any atom is 0.336 e. The van der Waals surface area contributed by atoms with E-state index in [1.807, 2.05) is 13.8 Å². The molecule has 0 amide bonds. The Morgan fingerprint density at radius 3 is 2.85 bits per heavy atom. The summed E-state index contributed by atoms with van der Waals surface area (Å²) < 4.78 is 19.8. The van der Waals surface area contributed by atoms with Crippen molar-refractivity contribution in [3.8, 4) is 0 Å². The van der Waals surface area contributed by atoms with E-state index in [1.165, 1.54) is 12.1 Å². The van der Waals surface area contributed by atoms with Gasteiger partial charge in [0.2, 0.25) is 0 Å². The van der Waals surface area contributed by atoms with E-state index in [9.17, 15) is 9.18 Å². The standard InChI is InChI=1S/C14H17BrFNO3/c1-14(2)7-8(5-6-20-14)17-10-4-3-9(13(18)19)11(15)12(10)16/h3-4,8,17H,5-7H2,1-2H3,(H,18,19). The molecule has 0 radical (unpaired) electrons. The Bertz CT molecular complexity index is 533. The Morgan fingerprint density at radius 2 is 2.25 bits per heavy atom. The fourth-order valence-corrected chi connectivity index (χ4v) is 2.92. The Balaban J connectivity index is 2.18. The molecule has 4 nitrogen and oxygen atoms in total.